The largest absolute Gasteiger partial charge is 0.508 e. The number of nitrogens with zero attached hydrogens (tertiary/aromatic N) is 5. The van der Waals surface area contributed by atoms with Gasteiger partial charge in [0.05, 0.1) is 29.7 Å². The average Bonchev–Trinajstić information content (AvgIpc) is 3.29. The van der Waals surface area contributed by atoms with E-state index in [1.165, 1.54) is 0 Å². The van der Waals surface area contributed by atoms with Gasteiger partial charge in [-0.1, -0.05) is 82.7 Å². The van der Waals surface area contributed by atoms with E-state index in [0.717, 1.165) is 61.3 Å². The Morgan fingerprint density at radius 1 is 0.635 bits per heavy atom. The van der Waals surface area contributed by atoms with Gasteiger partial charge in [0.1, 0.15) is 28.9 Å². The van der Waals surface area contributed by atoms with Gasteiger partial charge in [-0.15, -0.1) is 10.2 Å². The van der Waals surface area contributed by atoms with Crippen LogP contribution in [0.25, 0.3) is 10.8 Å². The number of anilines is 2. The Labute approximate surface area is 367 Å². The van der Waals surface area contributed by atoms with Crippen molar-refractivity contribution in [3.8, 4) is 35.2 Å². The second-order valence-electron chi connectivity index (χ2n) is 14.2. The molecule has 0 aliphatic heterocycles. The van der Waals surface area contributed by atoms with Crippen LogP contribution in [-0.2, 0) is 0 Å². The van der Waals surface area contributed by atoms with E-state index in [1.54, 1.807) is 49.6 Å². The first-order valence-electron chi connectivity index (χ1n) is 19.9. The van der Waals surface area contributed by atoms with E-state index in [0.29, 0.717) is 22.8 Å². The first kappa shape index (κ1) is 43.8. The molecule has 7 aromatic carbocycles. The van der Waals surface area contributed by atoms with E-state index >= 15 is 0 Å². The Kier molecular flexibility index (Phi) is 15.0. The summed E-state index contributed by atoms with van der Waals surface area (Å²) in [4.78, 5) is 4.50. The van der Waals surface area contributed by atoms with E-state index in [-0.39, 0.29) is 17.6 Å². The van der Waals surface area contributed by atoms with E-state index < -0.39 is 0 Å². The Hall–Kier alpha value is -8.74. The van der Waals surface area contributed by atoms with Gasteiger partial charge < -0.3 is 21.3 Å². The Balaban J connectivity index is 0.000000215. The summed E-state index contributed by atoms with van der Waals surface area (Å²) in [6.45, 7) is 5.90. The number of para-hydroxylation sites is 1. The van der Waals surface area contributed by atoms with E-state index in [9.17, 15) is 5.11 Å². The van der Waals surface area contributed by atoms with Crippen molar-refractivity contribution in [2.24, 2.45) is 37.1 Å². The summed E-state index contributed by atoms with van der Waals surface area (Å²) >= 11 is 0. The van der Waals surface area contributed by atoms with E-state index in [1.807, 2.05) is 130 Å². The van der Waals surface area contributed by atoms with Gasteiger partial charge in [0.15, 0.2) is 0 Å². The number of methoxy groups -OCH3 is 1. The predicted molar refractivity (Wildman–Crippen MR) is 254 cm³/mol. The van der Waals surface area contributed by atoms with Crippen molar-refractivity contribution in [2.75, 3.05) is 18.0 Å². The maximum atomic E-state index is 9.34. The minimum absolute atomic E-state index is 0.0193. The molecule has 8 N–H and O–H groups in total. The highest BCUT2D eigenvalue weighted by molar-refractivity contribution is 6.11. The maximum absolute atomic E-state index is 9.34. The molecule has 0 aliphatic rings. The molecule has 63 heavy (non-hydrogen) atoms. The predicted octanol–water partition coefficient (Wildman–Crippen LogP) is 11.0. The summed E-state index contributed by atoms with van der Waals surface area (Å²) in [5, 5.41) is 35.7. The van der Waals surface area contributed by atoms with Crippen LogP contribution in [0.1, 0.15) is 52.8 Å². The second-order valence-corrected chi connectivity index (χ2v) is 14.2. The topological polar surface area (TPSA) is 191 Å². The van der Waals surface area contributed by atoms with Crippen molar-refractivity contribution in [3.05, 3.63) is 191 Å². The molecular formula is C51H46N10O2. The zero-order valence-corrected chi connectivity index (χ0v) is 35.3. The third kappa shape index (κ3) is 12.4. The zero-order chi connectivity index (χ0) is 44.6. The summed E-state index contributed by atoms with van der Waals surface area (Å²) < 4.78 is 5.20. The summed E-state index contributed by atoms with van der Waals surface area (Å²) in [5.74, 6) is 14.0. The number of nitrogens with two attached hydrogens (primary N) is 2. The average molecular weight is 831 g/mol. The fourth-order valence-electron chi connectivity index (χ4n) is 6.02. The number of aryl methyl sites for hydroxylation is 1. The molecule has 0 radical (unpaired) electrons. The molecule has 0 bridgehead atoms. The normalized spacial score (nSPS) is 11.0. The molecule has 0 spiro atoms. The molecule has 0 aromatic heterocycles. The van der Waals surface area contributed by atoms with Gasteiger partial charge >= 0.3 is 0 Å². The van der Waals surface area contributed by atoms with Crippen molar-refractivity contribution < 1.29 is 9.84 Å². The Morgan fingerprint density at radius 2 is 1.22 bits per heavy atom. The number of nitrogens with one attached hydrogen (secondary N) is 3. The lowest BCUT2D eigenvalue weighted by Gasteiger charge is -2.11. The van der Waals surface area contributed by atoms with Crippen LogP contribution >= 0.6 is 0 Å². The fraction of sp³-hybridized carbons (Fsp3) is 0.0980. The monoisotopic (exact) mass is 830 g/mol. The zero-order valence-electron chi connectivity index (χ0n) is 35.3. The van der Waals surface area contributed by atoms with E-state index in [4.69, 9.17) is 21.6 Å². The van der Waals surface area contributed by atoms with Crippen LogP contribution in [0.15, 0.2) is 177 Å². The minimum atomic E-state index is 0.0193. The van der Waals surface area contributed by atoms with Crippen LogP contribution in [0.4, 0.5) is 22.7 Å². The fourth-order valence-corrected chi connectivity index (χ4v) is 6.02. The highest BCUT2D eigenvalue weighted by Crippen LogP contribution is 2.28. The highest BCUT2D eigenvalue weighted by Gasteiger charge is 2.09. The van der Waals surface area contributed by atoms with Gasteiger partial charge in [0.2, 0.25) is 0 Å². The third-order valence-electron chi connectivity index (χ3n) is 9.23. The Bertz CT molecular complexity index is 2930. The van der Waals surface area contributed by atoms with Crippen LogP contribution in [0.2, 0.25) is 0 Å². The van der Waals surface area contributed by atoms with Crippen molar-refractivity contribution in [1.29, 1.82) is 5.41 Å². The Morgan fingerprint density at radius 3 is 1.89 bits per heavy atom. The summed E-state index contributed by atoms with van der Waals surface area (Å²) in [6, 6.07) is 46.8. The number of amidine groups is 2. The summed E-state index contributed by atoms with van der Waals surface area (Å²) in [6.07, 6.45) is 0. The van der Waals surface area contributed by atoms with Gasteiger partial charge in [0, 0.05) is 39.2 Å². The minimum Gasteiger partial charge on any atom is -0.508 e. The molecule has 12 nitrogen and oxygen atoms in total. The molecule has 0 atom stereocenters. The summed E-state index contributed by atoms with van der Waals surface area (Å²) in [7, 11) is 1.64. The number of fused-ring (bicyclic) bond motifs is 1. The SMILES string of the molecule is COc1ccc(C#Cc2ccccc2N=NNc2ccc(C(N)=NC(C)C)c3ccccc23)cc1.Cc1cc(C(=N)N)ccc1N=NNc1ccccc1C#Cc1ccc(O)cc1. The van der Waals surface area contributed by atoms with Gasteiger partial charge in [-0.05, 0) is 135 Å². The first-order valence-corrected chi connectivity index (χ1v) is 19.9. The van der Waals surface area contributed by atoms with Gasteiger partial charge in [-0.3, -0.25) is 21.3 Å². The van der Waals surface area contributed by atoms with Crippen molar-refractivity contribution in [2.45, 2.75) is 26.8 Å². The summed E-state index contributed by atoms with van der Waals surface area (Å²) in [5.41, 5.74) is 26.3. The number of phenolic OH excluding ortho intramolecular Hbond substituents is 1. The molecule has 0 saturated carbocycles. The molecule has 12 heteroatoms. The molecule has 0 aliphatic carbocycles. The van der Waals surface area contributed by atoms with Crippen LogP contribution in [0.3, 0.4) is 0 Å². The number of rotatable bonds is 10. The number of nitrogen functional groups attached to an aromatic ring is 1. The molecule has 0 heterocycles. The van der Waals surface area contributed by atoms with Crippen molar-refractivity contribution in [3.63, 3.8) is 0 Å². The lowest BCUT2D eigenvalue weighted by molar-refractivity contribution is 0.415. The quantitative estimate of drug-likeness (QED) is 0.0261. The number of hydrogen-bond acceptors (Lipinski definition) is 8. The molecular weight excluding hydrogens is 785 g/mol. The number of benzene rings is 7. The number of aromatic hydroxyl groups is 1. The van der Waals surface area contributed by atoms with Gasteiger partial charge in [0.25, 0.3) is 0 Å². The number of ether oxygens (including phenoxy) is 1. The molecule has 0 unspecified atom stereocenters. The smallest absolute Gasteiger partial charge is 0.126 e. The molecule has 7 aromatic rings. The standard InChI is InChI=1S/C29H27N5O.C22H19N5O/c1-20(2)31-29(30)26-18-19-28(25-10-6-5-9-24(25)26)33-34-32-27-11-7-4-8-22(27)15-12-21-13-16-23(35-3)17-14-21;1-15-14-18(22(23)24)10-13-20(15)25-27-26-21-5-3-2-4-17(21)9-6-16-7-11-19(28)12-8-16/h4-11,13-14,16-20H,1-3H3,(H2,30,31)(H,32,33);2-5,7-8,10-14,28H,1H3,(H3,23,24)(H,25,26). The third-order valence-corrected chi connectivity index (χ3v) is 9.23. The number of hydrogen-bond donors (Lipinski definition) is 6. The molecule has 0 saturated heterocycles. The molecule has 7 rings (SSSR count). The van der Waals surface area contributed by atoms with Crippen molar-refractivity contribution in [1.82, 2.24) is 0 Å². The van der Waals surface area contributed by atoms with Crippen molar-refractivity contribution >= 4 is 45.2 Å². The van der Waals surface area contributed by atoms with Crippen LogP contribution in [0, 0.1) is 36.0 Å². The number of aliphatic imine (C=N–C) groups is 1. The second kappa shape index (κ2) is 21.5. The molecule has 312 valence electrons. The van der Waals surface area contributed by atoms with Crippen LogP contribution in [-0.4, -0.2) is 29.9 Å². The lowest BCUT2D eigenvalue weighted by atomic mass is 10.0. The maximum Gasteiger partial charge on any atom is 0.126 e. The van der Waals surface area contributed by atoms with Gasteiger partial charge in [-0.2, -0.15) is 0 Å². The van der Waals surface area contributed by atoms with E-state index in [2.05, 4.69) is 60.2 Å². The molecule has 0 amide bonds. The van der Waals surface area contributed by atoms with Crippen LogP contribution in [0.5, 0.6) is 11.5 Å². The number of phenols is 1. The molecule has 0 fully saturated rings. The first-order chi connectivity index (χ1) is 30.6. The highest BCUT2D eigenvalue weighted by atomic mass is 16.5. The van der Waals surface area contributed by atoms with Crippen LogP contribution < -0.4 is 27.1 Å². The lowest BCUT2D eigenvalue weighted by Crippen LogP contribution is -2.16. The van der Waals surface area contributed by atoms with Gasteiger partial charge in [-0.25, -0.2) is 0 Å².